The molecule has 1 saturated carbocycles. The van der Waals surface area contributed by atoms with E-state index >= 15 is 0 Å². The Labute approximate surface area is 102 Å². The zero-order chi connectivity index (χ0) is 11.8. The number of amides is 1. The number of aliphatic hydroxyl groups is 1. The third kappa shape index (κ3) is 1.97. The molecule has 2 heterocycles. The number of carbonyl (C=O) groups is 1. The summed E-state index contributed by atoms with van der Waals surface area (Å²) in [6.45, 7) is 3.18. The Hall–Kier alpha value is -0.610. The van der Waals surface area contributed by atoms with Gasteiger partial charge in [-0.2, -0.15) is 0 Å². The highest BCUT2D eigenvalue weighted by molar-refractivity contribution is 5.79. The van der Waals surface area contributed by atoms with E-state index in [0.717, 1.165) is 57.2 Å². The summed E-state index contributed by atoms with van der Waals surface area (Å²) >= 11 is 0. The van der Waals surface area contributed by atoms with Crippen LogP contribution in [-0.4, -0.2) is 48.2 Å². The van der Waals surface area contributed by atoms with E-state index in [0.29, 0.717) is 5.91 Å². The molecule has 4 nitrogen and oxygen atoms in total. The van der Waals surface area contributed by atoms with Gasteiger partial charge in [-0.1, -0.05) is 0 Å². The number of aliphatic hydroxyl groups excluding tert-OH is 1. The van der Waals surface area contributed by atoms with Crippen LogP contribution in [-0.2, 0) is 4.79 Å². The van der Waals surface area contributed by atoms with E-state index < -0.39 is 0 Å². The van der Waals surface area contributed by atoms with Crippen molar-refractivity contribution in [3.63, 3.8) is 0 Å². The Morgan fingerprint density at radius 1 is 1.29 bits per heavy atom. The first-order valence-corrected chi connectivity index (χ1v) is 6.91. The highest BCUT2D eigenvalue weighted by Gasteiger charge is 2.43. The second-order valence-electron chi connectivity index (χ2n) is 5.86. The van der Waals surface area contributed by atoms with Gasteiger partial charge in [0.05, 0.1) is 12.6 Å². The molecule has 3 fully saturated rings. The molecule has 0 bridgehead atoms. The molecule has 2 aliphatic heterocycles. The van der Waals surface area contributed by atoms with Gasteiger partial charge in [0.15, 0.2) is 0 Å². The fourth-order valence-electron chi connectivity index (χ4n) is 3.92. The van der Waals surface area contributed by atoms with Crippen LogP contribution in [0.5, 0.6) is 0 Å². The topological polar surface area (TPSA) is 52.6 Å². The molecule has 2 saturated heterocycles. The number of nitrogens with one attached hydrogen (secondary N) is 1. The molecule has 17 heavy (non-hydrogen) atoms. The Morgan fingerprint density at radius 3 is 2.65 bits per heavy atom. The predicted molar refractivity (Wildman–Crippen MR) is 64.4 cm³/mol. The fourth-order valence-corrected chi connectivity index (χ4v) is 3.92. The number of nitrogens with zero attached hydrogens (tertiary/aromatic N) is 1. The van der Waals surface area contributed by atoms with Gasteiger partial charge in [-0.25, -0.2) is 0 Å². The molecule has 3 rings (SSSR count). The Balaban J connectivity index is 1.63. The highest BCUT2D eigenvalue weighted by Crippen LogP contribution is 2.40. The SMILES string of the molecule is O=C(C1CC2CNC[C@H]2C1)N1CCCC1CO. The van der Waals surface area contributed by atoms with Crippen molar-refractivity contribution in [1.82, 2.24) is 10.2 Å². The van der Waals surface area contributed by atoms with Crippen LogP contribution in [0, 0.1) is 17.8 Å². The lowest BCUT2D eigenvalue weighted by molar-refractivity contribution is -0.137. The van der Waals surface area contributed by atoms with Crippen molar-refractivity contribution in [2.24, 2.45) is 17.8 Å². The summed E-state index contributed by atoms with van der Waals surface area (Å²) in [6.07, 6.45) is 4.15. The van der Waals surface area contributed by atoms with E-state index in [1.165, 1.54) is 0 Å². The molecule has 0 aromatic rings. The average molecular weight is 238 g/mol. The van der Waals surface area contributed by atoms with Crippen molar-refractivity contribution < 1.29 is 9.90 Å². The normalized spacial score (nSPS) is 40.9. The van der Waals surface area contributed by atoms with Crippen LogP contribution in [0.3, 0.4) is 0 Å². The lowest BCUT2D eigenvalue weighted by atomic mass is 10.0. The van der Waals surface area contributed by atoms with Gasteiger partial charge in [-0.15, -0.1) is 0 Å². The minimum Gasteiger partial charge on any atom is -0.394 e. The van der Waals surface area contributed by atoms with Crippen LogP contribution in [0.2, 0.25) is 0 Å². The average Bonchev–Trinajstić information content (AvgIpc) is 3.02. The standard InChI is InChI=1S/C13H22N2O2/c16-8-12-2-1-3-15(12)13(17)9-4-10-6-14-7-11(10)5-9/h9-12,14,16H,1-8H2/t9?,10-,11?,12?/m1/s1. The Kier molecular flexibility index (Phi) is 3.09. The Morgan fingerprint density at radius 2 is 2.00 bits per heavy atom. The first-order chi connectivity index (χ1) is 8.29. The molecular weight excluding hydrogens is 216 g/mol. The van der Waals surface area contributed by atoms with Crippen LogP contribution in [0.1, 0.15) is 25.7 Å². The molecule has 0 radical (unpaired) electrons. The summed E-state index contributed by atoms with van der Waals surface area (Å²) in [7, 11) is 0. The molecule has 2 N–H and O–H groups in total. The number of hydrogen-bond donors (Lipinski definition) is 2. The lowest BCUT2D eigenvalue weighted by Crippen LogP contribution is -2.41. The van der Waals surface area contributed by atoms with Gasteiger partial charge in [0, 0.05) is 12.5 Å². The van der Waals surface area contributed by atoms with Crippen LogP contribution < -0.4 is 5.32 Å². The second-order valence-corrected chi connectivity index (χ2v) is 5.86. The van der Waals surface area contributed by atoms with Gasteiger partial charge in [-0.3, -0.25) is 4.79 Å². The van der Waals surface area contributed by atoms with Crippen molar-refractivity contribution in [2.45, 2.75) is 31.7 Å². The summed E-state index contributed by atoms with van der Waals surface area (Å²) in [4.78, 5) is 14.4. The number of hydrogen-bond acceptors (Lipinski definition) is 3. The number of fused-ring (bicyclic) bond motifs is 1. The molecule has 0 aromatic carbocycles. The zero-order valence-corrected chi connectivity index (χ0v) is 10.3. The number of rotatable bonds is 2. The van der Waals surface area contributed by atoms with Gasteiger partial charge < -0.3 is 15.3 Å². The molecule has 0 spiro atoms. The maximum absolute atomic E-state index is 12.4. The van der Waals surface area contributed by atoms with Crippen molar-refractivity contribution in [3.8, 4) is 0 Å². The van der Waals surface area contributed by atoms with Crippen LogP contribution >= 0.6 is 0 Å². The van der Waals surface area contributed by atoms with E-state index in [1.54, 1.807) is 0 Å². The smallest absolute Gasteiger partial charge is 0.226 e. The van der Waals surface area contributed by atoms with Gasteiger partial charge in [0.25, 0.3) is 0 Å². The summed E-state index contributed by atoms with van der Waals surface area (Å²) in [5.74, 6) is 1.99. The molecular formula is C13H22N2O2. The van der Waals surface area contributed by atoms with Crippen molar-refractivity contribution >= 4 is 5.91 Å². The third-order valence-electron chi connectivity index (χ3n) is 4.87. The molecule has 1 aliphatic carbocycles. The minimum atomic E-state index is 0.0982. The summed E-state index contributed by atoms with van der Waals surface area (Å²) in [6, 6.07) is 0.0982. The van der Waals surface area contributed by atoms with Crippen LogP contribution in [0.25, 0.3) is 0 Å². The van der Waals surface area contributed by atoms with E-state index in [-0.39, 0.29) is 18.6 Å². The van der Waals surface area contributed by atoms with E-state index in [9.17, 15) is 9.90 Å². The fraction of sp³-hybridized carbons (Fsp3) is 0.923. The van der Waals surface area contributed by atoms with Gasteiger partial charge in [0.2, 0.25) is 5.91 Å². The molecule has 4 atom stereocenters. The van der Waals surface area contributed by atoms with Gasteiger partial charge >= 0.3 is 0 Å². The van der Waals surface area contributed by atoms with E-state index in [2.05, 4.69) is 5.32 Å². The largest absolute Gasteiger partial charge is 0.394 e. The van der Waals surface area contributed by atoms with E-state index in [4.69, 9.17) is 0 Å². The second kappa shape index (κ2) is 4.58. The molecule has 4 heteroatoms. The summed E-state index contributed by atoms with van der Waals surface area (Å²) in [5.41, 5.74) is 0. The van der Waals surface area contributed by atoms with Crippen LogP contribution in [0.4, 0.5) is 0 Å². The summed E-state index contributed by atoms with van der Waals surface area (Å²) in [5, 5.41) is 12.7. The van der Waals surface area contributed by atoms with Crippen LogP contribution in [0.15, 0.2) is 0 Å². The van der Waals surface area contributed by atoms with Gasteiger partial charge in [-0.05, 0) is 50.6 Å². The summed E-state index contributed by atoms with van der Waals surface area (Å²) < 4.78 is 0. The molecule has 96 valence electrons. The highest BCUT2D eigenvalue weighted by atomic mass is 16.3. The first kappa shape index (κ1) is 11.5. The monoisotopic (exact) mass is 238 g/mol. The van der Waals surface area contributed by atoms with Gasteiger partial charge in [0.1, 0.15) is 0 Å². The predicted octanol–water partition coefficient (Wildman–Crippen LogP) is 0.215. The van der Waals surface area contributed by atoms with Crippen molar-refractivity contribution in [2.75, 3.05) is 26.2 Å². The quantitative estimate of drug-likeness (QED) is 0.723. The number of likely N-dealkylation sites (tertiary alicyclic amines) is 1. The molecule has 1 amide bonds. The molecule has 3 aliphatic rings. The maximum atomic E-state index is 12.4. The lowest BCUT2D eigenvalue weighted by Gasteiger charge is -2.26. The van der Waals surface area contributed by atoms with E-state index in [1.807, 2.05) is 4.90 Å². The number of carbonyl (C=O) groups excluding carboxylic acids is 1. The minimum absolute atomic E-state index is 0.0982. The molecule has 0 aromatic heterocycles. The Bertz CT molecular complexity index is 296. The zero-order valence-electron chi connectivity index (χ0n) is 10.3. The van der Waals surface area contributed by atoms with Crippen molar-refractivity contribution in [1.29, 1.82) is 0 Å². The van der Waals surface area contributed by atoms with Crippen molar-refractivity contribution in [3.05, 3.63) is 0 Å². The third-order valence-corrected chi connectivity index (χ3v) is 4.87. The first-order valence-electron chi connectivity index (χ1n) is 6.91. The maximum Gasteiger partial charge on any atom is 0.226 e. The molecule has 3 unspecified atom stereocenters.